The van der Waals surface area contributed by atoms with Crippen molar-refractivity contribution in [3.8, 4) is 17.2 Å². The molecule has 0 radical (unpaired) electrons. The number of nitrogens with zero attached hydrogens (tertiary/aromatic N) is 3. The van der Waals surface area contributed by atoms with Gasteiger partial charge in [0.15, 0.2) is 0 Å². The van der Waals surface area contributed by atoms with E-state index in [0.29, 0.717) is 16.8 Å². The topological polar surface area (TPSA) is 78.2 Å². The molecule has 1 N–H and O–H groups in total. The van der Waals surface area contributed by atoms with Gasteiger partial charge in [-0.1, -0.05) is 24.3 Å². The summed E-state index contributed by atoms with van der Waals surface area (Å²) < 4.78 is 5.79. The van der Waals surface area contributed by atoms with Crippen LogP contribution in [0.4, 0.5) is 11.5 Å². The second-order valence-corrected chi connectivity index (χ2v) is 8.19. The van der Waals surface area contributed by atoms with Crippen LogP contribution in [0.25, 0.3) is 11.1 Å². The van der Waals surface area contributed by atoms with Crippen molar-refractivity contribution < 1.29 is 9.53 Å². The minimum Gasteiger partial charge on any atom is -0.372 e. The molecule has 6 nitrogen and oxygen atoms in total. The van der Waals surface area contributed by atoms with Crippen molar-refractivity contribution >= 4 is 17.4 Å². The average molecular weight is 427 g/mol. The van der Waals surface area contributed by atoms with Crippen LogP contribution in [-0.2, 0) is 4.74 Å². The number of benzene rings is 2. The Balaban J connectivity index is 1.50. The predicted octanol–water partition coefficient (Wildman–Crippen LogP) is 4.79. The SMILES string of the molecule is Cc1c(C(=O)Nc2ccc(N3CC(C)OC(C)C3)nc2)cccc1-c1ccc(C#N)cc1. The zero-order valence-electron chi connectivity index (χ0n) is 18.5. The number of rotatable bonds is 4. The van der Waals surface area contributed by atoms with E-state index in [1.54, 1.807) is 18.3 Å². The molecule has 1 aliphatic rings. The van der Waals surface area contributed by atoms with E-state index in [9.17, 15) is 4.79 Å². The first-order valence-corrected chi connectivity index (χ1v) is 10.7. The first-order valence-electron chi connectivity index (χ1n) is 10.7. The second kappa shape index (κ2) is 9.21. The molecule has 32 heavy (non-hydrogen) atoms. The first kappa shape index (κ1) is 21.5. The lowest BCUT2D eigenvalue weighted by Gasteiger charge is -2.36. The number of hydrogen-bond acceptors (Lipinski definition) is 5. The van der Waals surface area contributed by atoms with E-state index in [0.717, 1.165) is 35.6 Å². The predicted molar refractivity (Wildman–Crippen MR) is 126 cm³/mol. The summed E-state index contributed by atoms with van der Waals surface area (Å²) in [6.07, 6.45) is 2.01. The molecule has 0 aliphatic carbocycles. The molecular weight excluding hydrogens is 400 g/mol. The van der Waals surface area contributed by atoms with Crippen LogP contribution in [-0.4, -0.2) is 36.2 Å². The van der Waals surface area contributed by atoms with Crippen LogP contribution in [0.15, 0.2) is 60.8 Å². The Morgan fingerprint density at radius 3 is 2.44 bits per heavy atom. The van der Waals surface area contributed by atoms with Gasteiger partial charge in [0.2, 0.25) is 0 Å². The molecule has 0 saturated carbocycles. The third-order valence-electron chi connectivity index (χ3n) is 5.65. The lowest BCUT2D eigenvalue weighted by atomic mass is 9.95. The summed E-state index contributed by atoms with van der Waals surface area (Å²) in [6.45, 7) is 7.65. The highest BCUT2D eigenvalue weighted by molar-refractivity contribution is 6.06. The molecule has 162 valence electrons. The van der Waals surface area contributed by atoms with Gasteiger partial charge in [-0.2, -0.15) is 5.26 Å². The van der Waals surface area contributed by atoms with E-state index in [1.807, 2.05) is 49.4 Å². The quantitative estimate of drug-likeness (QED) is 0.649. The zero-order valence-corrected chi connectivity index (χ0v) is 18.5. The number of amides is 1. The summed E-state index contributed by atoms with van der Waals surface area (Å²) in [7, 11) is 0. The van der Waals surface area contributed by atoms with Crippen LogP contribution in [0, 0.1) is 18.3 Å². The van der Waals surface area contributed by atoms with Crippen molar-refractivity contribution in [2.75, 3.05) is 23.3 Å². The van der Waals surface area contributed by atoms with E-state index in [1.165, 1.54) is 0 Å². The van der Waals surface area contributed by atoms with Crippen LogP contribution in [0.5, 0.6) is 0 Å². The molecule has 1 fully saturated rings. The molecule has 2 aromatic carbocycles. The highest BCUT2D eigenvalue weighted by Crippen LogP contribution is 2.27. The summed E-state index contributed by atoms with van der Waals surface area (Å²) in [5.74, 6) is 0.699. The molecule has 1 aliphatic heterocycles. The van der Waals surface area contributed by atoms with Gasteiger partial charge in [-0.05, 0) is 67.8 Å². The zero-order chi connectivity index (χ0) is 22.7. The fourth-order valence-electron chi connectivity index (χ4n) is 4.13. The summed E-state index contributed by atoms with van der Waals surface area (Å²) in [6, 6.07) is 19.0. The monoisotopic (exact) mass is 426 g/mol. The van der Waals surface area contributed by atoms with Crippen molar-refractivity contribution in [2.45, 2.75) is 33.0 Å². The summed E-state index contributed by atoms with van der Waals surface area (Å²) in [5.41, 5.74) is 4.68. The fourth-order valence-corrected chi connectivity index (χ4v) is 4.13. The van der Waals surface area contributed by atoms with Crippen molar-refractivity contribution in [3.05, 3.63) is 77.5 Å². The highest BCUT2D eigenvalue weighted by atomic mass is 16.5. The Morgan fingerprint density at radius 2 is 1.81 bits per heavy atom. The standard InChI is InChI=1S/C26H26N4O2/c1-17-15-30(16-18(2)32-17)25-12-11-22(14-28-25)29-26(31)24-6-4-5-23(19(24)3)21-9-7-20(13-27)8-10-21/h4-12,14,17-18H,15-16H2,1-3H3,(H,29,31). The smallest absolute Gasteiger partial charge is 0.255 e. The van der Waals surface area contributed by atoms with Gasteiger partial charge in [0.1, 0.15) is 5.82 Å². The molecule has 0 spiro atoms. The number of morpholine rings is 1. The lowest BCUT2D eigenvalue weighted by Crippen LogP contribution is -2.45. The largest absolute Gasteiger partial charge is 0.372 e. The molecule has 4 rings (SSSR count). The van der Waals surface area contributed by atoms with Gasteiger partial charge in [-0.15, -0.1) is 0 Å². The molecule has 6 heteroatoms. The summed E-state index contributed by atoms with van der Waals surface area (Å²) in [5, 5.41) is 12.0. The molecule has 2 atom stereocenters. The average Bonchev–Trinajstić information content (AvgIpc) is 2.79. The summed E-state index contributed by atoms with van der Waals surface area (Å²) in [4.78, 5) is 19.7. The van der Waals surface area contributed by atoms with Gasteiger partial charge >= 0.3 is 0 Å². The number of hydrogen-bond donors (Lipinski definition) is 1. The maximum Gasteiger partial charge on any atom is 0.255 e. The number of aromatic nitrogens is 1. The van der Waals surface area contributed by atoms with Crippen LogP contribution in [0.2, 0.25) is 0 Å². The number of nitriles is 1. The minimum absolute atomic E-state index is 0.159. The lowest BCUT2D eigenvalue weighted by molar-refractivity contribution is -0.00545. The Hall–Kier alpha value is -3.69. The Labute approximate surface area is 188 Å². The maximum atomic E-state index is 13.0. The van der Waals surface area contributed by atoms with Crippen molar-refractivity contribution in [2.24, 2.45) is 0 Å². The van der Waals surface area contributed by atoms with Crippen LogP contribution < -0.4 is 10.2 Å². The van der Waals surface area contributed by atoms with Gasteiger partial charge in [-0.25, -0.2) is 4.98 Å². The molecule has 0 bridgehead atoms. The second-order valence-electron chi connectivity index (χ2n) is 8.19. The minimum atomic E-state index is -0.179. The van der Waals surface area contributed by atoms with E-state index < -0.39 is 0 Å². The van der Waals surface area contributed by atoms with Crippen LogP contribution in [0.3, 0.4) is 0 Å². The molecular formula is C26H26N4O2. The van der Waals surface area contributed by atoms with Gasteiger partial charge < -0.3 is 15.0 Å². The molecule has 1 saturated heterocycles. The molecule has 2 unspecified atom stereocenters. The Bertz CT molecular complexity index is 1140. The summed E-state index contributed by atoms with van der Waals surface area (Å²) >= 11 is 0. The number of anilines is 2. The number of carbonyl (C=O) groups is 1. The van der Waals surface area contributed by atoms with E-state index in [-0.39, 0.29) is 18.1 Å². The van der Waals surface area contributed by atoms with Crippen LogP contribution >= 0.6 is 0 Å². The number of nitrogens with one attached hydrogen (secondary N) is 1. The fraction of sp³-hybridized carbons (Fsp3) is 0.269. The first-order chi connectivity index (χ1) is 15.4. The van der Waals surface area contributed by atoms with E-state index in [2.05, 4.69) is 35.1 Å². The maximum absolute atomic E-state index is 13.0. The highest BCUT2D eigenvalue weighted by Gasteiger charge is 2.23. The normalized spacial score (nSPS) is 18.1. The van der Waals surface area contributed by atoms with Gasteiger partial charge in [0.25, 0.3) is 5.91 Å². The van der Waals surface area contributed by atoms with E-state index in [4.69, 9.17) is 10.00 Å². The number of carbonyl (C=O) groups excluding carboxylic acids is 1. The molecule has 2 heterocycles. The van der Waals surface area contributed by atoms with Crippen molar-refractivity contribution in [1.82, 2.24) is 4.98 Å². The Morgan fingerprint density at radius 1 is 1.09 bits per heavy atom. The molecule has 1 amide bonds. The number of ether oxygens (including phenoxy) is 1. The third kappa shape index (κ3) is 4.63. The van der Waals surface area contributed by atoms with Crippen LogP contribution in [0.1, 0.15) is 35.3 Å². The number of pyridine rings is 1. The molecule has 3 aromatic rings. The van der Waals surface area contributed by atoms with Gasteiger partial charge in [-0.3, -0.25) is 4.79 Å². The Kier molecular flexibility index (Phi) is 6.20. The molecule has 1 aromatic heterocycles. The third-order valence-corrected chi connectivity index (χ3v) is 5.65. The van der Waals surface area contributed by atoms with E-state index >= 15 is 0 Å². The van der Waals surface area contributed by atoms with Crippen molar-refractivity contribution in [3.63, 3.8) is 0 Å². The van der Waals surface area contributed by atoms with Gasteiger partial charge in [0.05, 0.1) is 35.7 Å². The van der Waals surface area contributed by atoms with Crippen molar-refractivity contribution in [1.29, 1.82) is 5.26 Å². The van der Waals surface area contributed by atoms with Gasteiger partial charge in [0, 0.05) is 18.7 Å².